The largest absolute Gasteiger partial charge is 0.303 e. The highest BCUT2D eigenvalue weighted by molar-refractivity contribution is 9.10. The summed E-state index contributed by atoms with van der Waals surface area (Å²) < 4.78 is 3.23. The van der Waals surface area contributed by atoms with Crippen LogP contribution in [0.4, 0.5) is 0 Å². The number of aromatic nitrogens is 3. The predicted molar refractivity (Wildman–Crippen MR) is 100 cm³/mol. The van der Waals surface area contributed by atoms with Crippen LogP contribution in [0.2, 0.25) is 0 Å². The number of benzene rings is 1. The van der Waals surface area contributed by atoms with Gasteiger partial charge in [-0.3, -0.25) is 4.98 Å². The minimum Gasteiger partial charge on any atom is -0.303 e. The number of imidazole rings is 1. The van der Waals surface area contributed by atoms with Gasteiger partial charge in [0.05, 0.1) is 11.4 Å². The Morgan fingerprint density at radius 2 is 1.96 bits per heavy atom. The summed E-state index contributed by atoms with van der Waals surface area (Å²) in [5.74, 6) is 0. The summed E-state index contributed by atoms with van der Waals surface area (Å²) >= 11 is 3.56. The first-order valence-corrected chi connectivity index (χ1v) is 8.63. The molecular formula is C20H16BrN3. The first kappa shape index (κ1) is 15.1. The highest BCUT2D eigenvalue weighted by Crippen LogP contribution is 2.28. The standard InChI is InChI=1S/C20H16BrN3/c1-14-8-9-19-23-20(15-5-4-6-16(21)11-15)18(24(19)13-14)12-17-7-2-3-10-22-17/h2-11,13H,12H2,1H3. The van der Waals surface area contributed by atoms with E-state index in [0.29, 0.717) is 0 Å². The molecule has 3 aromatic heterocycles. The Bertz CT molecular complexity index is 1010. The summed E-state index contributed by atoms with van der Waals surface area (Å²) in [5, 5.41) is 0. The normalized spacial score (nSPS) is 11.1. The maximum Gasteiger partial charge on any atom is 0.137 e. The first-order valence-electron chi connectivity index (χ1n) is 7.84. The van der Waals surface area contributed by atoms with Gasteiger partial charge in [0.25, 0.3) is 0 Å². The lowest BCUT2D eigenvalue weighted by Gasteiger charge is -2.06. The third-order valence-electron chi connectivity index (χ3n) is 4.04. The molecule has 0 saturated heterocycles. The van der Waals surface area contributed by atoms with Crippen LogP contribution in [0.15, 0.2) is 71.5 Å². The molecule has 118 valence electrons. The van der Waals surface area contributed by atoms with Crippen LogP contribution in [-0.4, -0.2) is 14.4 Å². The molecule has 0 aliphatic rings. The molecule has 3 heterocycles. The van der Waals surface area contributed by atoms with Gasteiger partial charge in [0.2, 0.25) is 0 Å². The van der Waals surface area contributed by atoms with E-state index < -0.39 is 0 Å². The number of rotatable bonds is 3. The lowest BCUT2D eigenvalue weighted by molar-refractivity contribution is 0.979. The molecule has 3 nitrogen and oxygen atoms in total. The van der Waals surface area contributed by atoms with E-state index in [2.05, 4.69) is 68.8 Å². The summed E-state index contributed by atoms with van der Waals surface area (Å²) in [4.78, 5) is 9.36. The van der Waals surface area contributed by atoms with Gasteiger partial charge in [-0.1, -0.05) is 40.2 Å². The van der Waals surface area contributed by atoms with Crippen molar-refractivity contribution in [2.24, 2.45) is 0 Å². The van der Waals surface area contributed by atoms with E-state index in [0.717, 1.165) is 39.2 Å². The fraction of sp³-hybridized carbons (Fsp3) is 0.100. The Kier molecular flexibility index (Phi) is 3.90. The summed E-state index contributed by atoms with van der Waals surface area (Å²) in [6.45, 7) is 2.10. The van der Waals surface area contributed by atoms with Crippen molar-refractivity contribution in [1.82, 2.24) is 14.4 Å². The number of fused-ring (bicyclic) bond motifs is 1. The zero-order valence-electron chi connectivity index (χ0n) is 13.3. The van der Waals surface area contributed by atoms with Crippen LogP contribution in [0.25, 0.3) is 16.9 Å². The van der Waals surface area contributed by atoms with Crippen molar-refractivity contribution in [3.63, 3.8) is 0 Å². The van der Waals surface area contributed by atoms with Crippen molar-refractivity contribution >= 4 is 21.6 Å². The van der Waals surface area contributed by atoms with Crippen LogP contribution in [0.1, 0.15) is 17.0 Å². The number of nitrogens with zero attached hydrogens (tertiary/aromatic N) is 3. The summed E-state index contributed by atoms with van der Waals surface area (Å²) in [6, 6.07) is 18.5. The number of aryl methyl sites for hydroxylation is 1. The second-order valence-electron chi connectivity index (χ2n) is 5.85. The minimum absolute atomic E-state index is 0.743. The van der Waals surface area contributed by atoms with Gasteiger partial charge in [0.15, 0.2) is 0 Å². The number of hydrogen-bond acceptors (Lipinski definition) is 2. The first-order chi connectivity index (χ1) is 11.7. The third-order valence-corrected chi connectivity index (χ3v) is 4.53. The van der Waals surface area contributed by atoms with Crippen LogP contribution >= 0.6 is 15.9 Å². The number of hydrogen-bond donors (Lipinski definition) is 0. The Labute approximate surface area is 149 Å². The van der Waals surface area contributed by atoms with Gasteiger partial charge in [-0.25, -0.2) is 4.98 Å². The average molecular weight is 378 g/mol. The van der Waals surface area contributed by atoms with Gasteiger partial charge in [-0.15, -0.1) is 0 Å². The zero-order chi connectivity index (χ0) is 16.5. The summed E-state index contributed by atoms with van der Waals surface area (Å²) in [7, 11) is 0. The van der Waals surface area contributed by atoms with Crippen LogP contribution in [-0.2, 0) is 6.42 Å². The molecule has 0 saturated carbocycles. The van der Waals surface area contributed by atoms with Crippen molar-refractivity contribution in [3.05, 3.63) is 88.4 Å². The molecule has 0 radical (unpaired) electrons. The smallest absolute Gasteiger partial charge is 0.137 e. The lowest BCUT2D eigenvalue weighted by Crippen LogP contribution is -1.98. The fourth-order valence-corrected chi connectivity index (χ4v) is 3.31. The molecule has 4 aromatic rings. The highest BCUT2D eigenvalue weighted by Gasteiger charge is 2.15. The molecule has 4 heteroatoms. The molecule has 0 atom stereocenters. The Hall–Kier alpha value is -2.46. The number of pyridine rings is 2. The quantitative estimate of drug-likeness (QED) is 0.499. The summed E-state index contributed by atoms with van der Waals surface area (Å²) in [5.41, 5.74) is 6.48. The van der Waals surface area contributed by atoms with Gasteiger partial charge in [-0.05, 0) is 42.8 Å². The van der Waals surface area contributed by atoms with E-state index in [1.165, 1.54) is 5.56 Å². The topological polar surface area (TPSA) is 30.2 Å². The van der Waals surface area contributed by atoms with E-state index in [4.69, 9.17) is 4.98 Å². The Balaban J connectivity index is 1.93. The fourth-order valence-electron chi connectivity index (χ4n) is 2.91. The monoisotopic (exact) mass is 377 g/mol. The van der Waals surface area contributed by atoms with Crippen molar-refractivity contribution in [3.8, 4) is 11.3 Å². The molecule has 0 bridgehead atoms. The highest BCUT2D eigenvalue weighted by atomic mass is 79.9. The lowest BCUT2D eigenvalue weighted by atomic mass is 10.1. The molecule has 4 rings (SSSR count). The second-order valence-corrected chi connectivity index (χ2v) is 6.77. The van der Waals surface area contributed by atoms with Gasteiger partial charge >= 0.3 is 0 Å². The second kappa shape index (κ2) is 6.21. The van der Waals surface area contributed by atoms with E-state index in [-0.39, 0.29) is 0 Å². The SMILES string of the molecule is Cc1ccc2nc(-c3cccc(Br)c3)c(Cc3ccccn3)n2c1. The Morgan fingerprint density at radius 3 is 2.75 bits per heavy atom. The third kappa shape index (κ3) is 2.85. The maximum atomic E-state index is 4.88. The molecule has 0 unspecified atom stereocenters. The molecule has 0 N–H and O–H groups in total. The van der Waals surface area contributed by atoms with Crippen LogP contribution in [0, 0.1) is 6.92 Å². The van der Waals surface area contributed by atoms with Crippen molar-refractivity contribution < 1.29 is 0 Å². The average Bonchev–Trinajstić information content (AvgIpc) is 2.94. The predicted octanol–water partition coefficient (Wildman–Crippen LogP) is 5.06. The molecule has 0 aliphatic heterocycles. The molecule has 0 amide bonds. The van der Waals surface area contributed by atoms with Gasteiger partial charge in [0.1, 0.15) is 5.65 Å². The van der Waals surface area contributed by atoms with Crippen molar-refractivity contribution in [1.29, 1.82) is 0 Å². The van der Waals surface area contributed by atoms with E-state index in [1.807, 2.05) is 30.5 Å². The van der Waals surface area contributed by atoms with Crippen LogP contribution in [0.5, 0.6) is 0 Å². The van der Waals surface area contributed by atoms with Crippen molar-refractivity contribution in [2.75, 3.05) is 0 Å². The van der Waals surface area contributed by atoms with E-state index in [1.54, 1.807) is 0 Å². The molecule has 0 aliphatic carbocycles. The summed E-state index contributed by atoms with van der Waals surface area (Å²) in [6.07, 6.45) is 4.72. The van der Waals surface area contributed by atoms with Crippen LogP contribution < -0.4 is 0 Å². The molecular weight excluding hydrogens is 362 g/mol. The van der Waals surface area contributed by atoms with Gasteiger partial charge in [0, 0.05) is 34.5 Å². The van der Waals surface area contributed by atoms with E-state index >= 15 is 0 Å². The van der Waals surface area contributed by atoms with E-state index in [9.17, 15) is 0 Å². The van der Waals surface area contributed by atoms with Crippen molar-refractivity contribution in [2.45, 2.75) is 13.3 Å². The van der Waals surface area contributed by atoms with Gasteiger partial charge < -0.3 is 4.40 Å². The van der Waals surface area contributed by atoms with Crippen LogP contribution in [0.3, 0.4) is 0 Å². The number of halogens is 1. The van der Waals surface area contributed by atoms with Gasteiger partial charge in [-0.2, -0.15) is 0 Å². The minimum atomic E-state index is 0.743. The zero-order valence-corrected chi connectivity index (χ0v) is 14.9. The Morgan fingerprint density at radius 1 is 1.04 bits per heavy atom. The molecule has 1 aromatic carbocycles. The molecule has 0 spiro atoms. The maximum absolute atomic E-state index is 4.88. The molecule has 24 heavy (non-hydrogen) atoms. The molecule has 0 fully saturated rings.